The van der Waals surface area contributed by atoms with Crippen LogP contribution in [0.1, 0.15) is 37.5 Å². The van der Waals surface area contributed by atoms with E-state index in [1.165, 1.54) is 0 Å². The normalized spacial score (nSPS) is 28.7. The predicted molar refractivity (Wildman–Crippen MR) is 86.4 cm³/mol. The molecule has 0 fully saturated rings. The average molecular weight is 305 g/mol. The first-order valence-corrected chi connectivity index (χ1v) is 8.01. The van der Waals surface area contributed by atoms with Gasteiger partial charge in [0.1, 0.15) is 11.5 Å². The molecule has 3 heteroatoms. The molecule has 0 saturated carbocycles. The fourth-order valence-corrected chi connectivity index (χ4v) is 4.32. The highest BCUT2D eigenvalue weighted by Crippen LogP contribution is 2.52. The molecule has 0 aromatic heterocycles. The number of carbonyl (C=O) groups excluding carboxylic acids is 1. The Bertz CT molecular complexity index is 853. The van der Waals surface area contributed by atoms with E-state index in [2.05, 4.69) is 0 Å². The van der Waals surface area contributed by atoms with Crippen molar-refractivity contribution < 1.29 is 14.5 Å². The van der Waals surface area contributed by atoms with Gasteiger partial charge in [-0.25, -0.2) is 4.58 Å². The number of Topliss-reactive ketones (excluding diaryl/α,β-unsaturated/α-hetero) is 1. The molecule has 0 spiro atoms. The highest BCUT2D eigenvalue weighted by molar-refractivity contribution is 6.26. The van der Waals surface area contributed by atoms with E-state index >= 15 is 0 Å². The molecule has 2 aromatic rings. The first-order valence-electron chi connectivity index (χ1n) is 8.01. The molecule has 4 rings (SSSR count). The van der Waals surface area contributed by atoms with Gasteiger partial charge < -0.3 is 5.11 Å². The molecule has 0 N–H and O–H groups in total. The molecular weight excluding hydrogens is 286 g/mol. The molecule has 3 nitrogen and oxygen atoms in total. The third-order valence-electron chi connectivity index (χ3n) is 5.21. The number of fused-ring (bicyclic) bond motifs is 5. The number of hydrogen-bond acceptors (Lipinski definition) is 2. The van der Waals surface area contributed by atoms with E-state index in [1.54, 1.807) is 4.58 Å². The molecular formula is C20H19NO2. The predicted octanol–water partition coefficient (Wildman–Crippen LogP) is 1.96. The van der Waals surface area contributed by atoms with Crippen LogP contribution >= 0.6 is 0 Å². The van der Waals surface area contributed by atoms with Crippen LogP contribution in [0.5, 0.6) is 0 Å². The standard InChI is InChI=1S/C20H19NO2/c1-13(2)21-17(14-9-5-4-6-10-14)19(3)15-11-7-8-12-16(15)20(21,23)18(19)22/h4-13H,1-3H3/t19-,20+/m1/s1. The van der Waals surface area contributed by atoms with Gasteiger partial charge in [-0.15, -0.1) is 0 Å². The topological polar surface area (TPSA) is 43.1 Å². The van der Waals surface area contributed by atoms with Crippen molar-refractivity contribution in [2.45, 2.75) is 38.0 Å². The van der Waals surface area contributed by atoms with Gasteiger partial charge in [0.15, 0.2) is 5.72 Å². The molecule has 0 unspecified atom stereocenters. The van der Waals surface area contributed by atoms with Crippen LogP contribution in [-0.2, 0) is 15.9 Å². The van der Waals surface area contributed by atoms with Crippen LogP contribution in [0.2, 0.25) is 0 Å². The zero-order chi connectivity index (χ0) is 16.4. The van der Waals surface area contributed by atoms with Crippen molar-refractivity contribution in [3.8, 4) is 0 Å². The van der Waals surface area contributed by atoms with E-state index in [9.17, 15) is 9.90 Å². The Hall–Kier alpha value is -2.26. The SMILES string of the molecule is CC(C)[N+]1=C(c2ccccc2)[C@]2(C)C(=O)[C@@]1([O-])c1ccccc12. The van der Waals surface area contributed by atoms with E-state index in [-0.39, 0.29) is 11.8 Å². The maximum Gasteiger partial charge on any atom is 0.213 e. The summed E-state index contributed by atoms with van der Waals surface area (Å²) in [6, 6.07) is 17.2. The quantitative estimate of drug-likeness (QED) is 0.796. The second-order valence-corrected chi connectivity index (χ2v) is 6.82. The summed E-state index contributed by atoms with van der Waals surface area (Å²) in [7, 11) is 0. The highest BCUT2D eigenvalue weighted by Gasteiger charge is 2.69. The number of rotatable bonds is 2. The third-order valence-corrected chi connectivity index (χ3v) is 5.21. The van der Waals surface area contributed by atoms with Crippen LogP contribution in [0.3, 0.4) is 0 Å². The van der Waals surface area contributed by atoms with E-state index in [4.69, 9.17) is 0 Å². The summed E-state index contributed by atoms with van der Waals surface area (Å²) < 4.78 is 1.78. The maximum atomic E-state index is 13.8. The minimum absolute atomic E-state index is 0.0539. The number of carbonyl (C=O) groups is 1. The fraction of sp³-hybridized carbons (Fsp3) is 0.300. The summed E-state index contributed by atoms with van der Waals surface area (Å²) in [6.45, 7) is 5.85. The molecule has 2 aromatic carbocycles. The van der Waals surface area contributed by atoms with Crippen LogP contribution in [-0.4, -0.2) is 22.1 Å². The smallest absolute Gasteiger partial charge is 0.213 e. The Morgan fingerprint density at radius 1 is 0.957 bits per heavy atom. The van der Waals surface area contributed by atoms with Gasteiger partial charge in [-0.1, -0.05) is 42.5 Å². The lowest BCUT2D eigenvalue weighted by molar-refractivity contribution is -0.783. The van der Waals surface area contributed by atoms with E-state index < -0.39 is 11.1 Å². The Morgan fingerprint density at radius 3 is 2.13 bits per heavy atom. The largest absolute Gasteiger partial charge is 0.785 e. The summed E-state index contributed by atoms with van der Waals surface area (Å²) in [5.74, 6) is -0.251. The second-order valence-electron chi connectivity index (χ2n) is 6.82. The molecule has 0 amide bonds. The Labute approximate surface area is 135 Å². The molecule has 23 heavy (non-hydrogen) atoms. The Kier molecular flexibility index (Phi) is 2.74. The van der Waals surface area contributed by atoms with Gasteiger partial charge in [0, 0.05) is 11.1 Å². The summed E-state index contributed by atoms with van der Waals surface area (Å²) >= 11 is 0. The maximum absolute atomic E-state index is 13.8. The van der Waals surface area contributed by atoms with Crippen molar-refractivity contribution in [2.75, 3.05) is 0 Å². The van der Waals surface area contributed by atoms with Crippen molar-refractivity contribution in [1.29, 1.82) is 0 Å². The monoisotopic (exact) mass is 305 g/mol. The molecule has 1 heterocycles. The minimum atomic E-state index is -1.81. The summed E-state index contributed by atoms with van der Waals surface area (Å²) in [6.07, 6.45) is 0. The van der Waals surface area contributed by atoms with Gasteiger partial charge >= 0.3 is 0 Å². The lowest BCUT2D eigenvalue weighted by atomic mass is 9.76. The Balaban J connectivity index is 2.13. The molecule has 1 aliphatic heterocycles. The number of benzene rings is 2. The lowest BCUT2D eigenvalue weighted by Crippen LogP contribution is -2.55. The highest BCUT2D eigenvalue weighted by atomic mass is 16.3. The van der Waals surface area contributed by atoms with Crippen molar-refractivity contribution in [1.82, 2.24) is 0 Å². The van der Waals surface area contributed by atoms with Gasteiger partial charge in [-0.05, 0) is 38.5 Å². The number of hydrogen-bond donors (Lipinski definition) is 0. The van der Waals surface area contributed by atoms with Gasteiger partial charge in [0.25, 0.3) is 0 Å². The van der Waals surface area contributed by atoms with Crippen LogP contribution in [0.4, 0.5) is 0 Å². The first-order chi connectivity index (χ1) is 10.9. The zero-order valence-corrected chi connectivity index (χ0v) is 13.5. The van der Waals surface area contributed by atoms with Crippen molar-refractivity contribution >= 4 is 11.5 Å². The molecule has 116 valence electrons. The summed E-state index contributed by atoms with van der Waals surface area (Å²) in [5, 5.41) is 13.8. The second kappa shape index (κ2) is 4.39. The number of nitrogens with zero attached hydrogens (tertiary/aromatic N) is 1. The summed E-state index contributed by atoms with van der Waals surface area (Å²) in [5.41, 5.74) is 0.571. The van der Waals surface area contributed by atoms with Crippen LogP contribution in [0.15, 0.2) is 54.6 Å². The zero-order valence-electron chi connectivity index (χ0n) is 13.5. The number of ketones is 1. The van der Waals surface area contributed by atoms with Crippen molar-refractivity contribution in [2.24, 2.45) is 0 Å². The minimum Gasteiger partial charge on any atom is -0.785 e. The van der Waals surface area contributed by atoms with E-state index in [0.717, 1.165) is 16.8 Å². The Morgan fingerprint density at radius 2 is 1.52 bits per heavy atom. The van der Waals surface area contributed by atoms with Gasteiger partial charge in [0.2, 0.25) is 11.5 Å². The molecule has 2 bridgehead atoms. The molecule has 0 radical (unpaired) electrons. The van der Waals surface area contributed by atoms with Crippen molar-refractivity contribution in [3.63, 3.8) is 0 Å². The molecule has 0 saturated heterocycles. The third kappa shape index (κ3) is 1.48. The average Bonchev–Trinajstić information content (AvgIpc) is 2.85. The van der Waals surface area contributed by atoms with Crippen molar-refractivity contribution in [3.05, 3.63) is 71.3 Å². The molecule has 2 atom stereocenters. The van der Waals surface area contributed by atoms with Gasteiger partial charge in [-0.3, -0.25) is 4.79 Å². The first kappa shape index (κ1) is 14.3. The van der Waals surface area contributed by atoms with Gasteiger partial charge in [-0.2, -0.15) is 0 Å². The fourth-order valence-electron chi connectivity index (χ4n) is 4.32. The van der Waals surface area contributed by atoms with Crippen LogP contribution in [0, 0.1) is 0 Å². The molecule has 1 aliphatic carbocycles. The van der Waals surface area contributed by atoms with Crippen LogP contribution < -0.4 is 5.11 Å². The van der Waals surface area contributed by atoms with E-state index in [0.29, 0.717) is 5.56 Å². The molecule has 2 aliphatic rings. The van der Waals surface area contributed by atoms with E-state index in [1.807, 2.05) is 75.4 Å². The van der Waals surface area contributed by atoms with Crippen LogP contribution in [0.25, 0.3) is 0 Å². The van der Waals surface area contributed by atoms with Gasteiger partial charge in [0.05, 0.1) is 0 Å². The lowest BCUT2D eigenvalue weighted by Gasteiger charge is -2.34. The summed E-state index contributed by atoms with van der Waals surface area (Å²) in [4.78, 5) is 13.2.